The van der Waals surface area contributed by atoms with E-state index >= 15 is 0 Å². The molecular weight excluding hydrogens is 348 g/mol. The number of nitrogen functional groups attached to an aromatic ring is 1. The van der Waals surface area contributed by atoms with Crippen molar-refractivity contribution in [2.45, 2.75) is 0 Å². The van der Waals surface area contributed by atoms with Crippen LogP contribution in [-0.4, -0.2) is 48.1 Å². The normalized spacial score (nSPS) is 14.6. The van der Waals surface area contributed by atoms with E-state index in [0.717, 1.165) is 54.4 Å². The molecule has 6 heteroatoms. The Morgan fingerprint density at radius 3 is 2.21 bits per heavy atom. The van der Waals surface area contributed by atoms with Gasteiger partial charge in [-0.15, -0.1) is 0 Å². The van der Waals surface area contributed by atoms with Crippen LogP contribution in [0.1, 0.15) is 5.56 Å². The number of benzene rings is 2. The molecule has 1 aliphatic heterocycles. The predicted octanol–water partition coefficient (Wildman–Crippen LogP) is 3.02. The quantitative estimate of drug-likeness (QED) is 0.763. The second-order valence-corrected chi connectivity index (χ2v) is 6.97. The number of hydrogen-bond donors (Lipinski definition) is 1. The molecular formula is C22H22N6. The van der Waals surface area contributed by atoms with Crippen LogP contribution in [0.4, 0.5) is 11.8 Å². The lowest BCUT2D eigenvalue weighted by molar-refractivity contribution is 0.312. The van der Waals surface area contributed by atoms with Crippen molar-refractivity contribution in [1.29, 1.82) is 5.26 Å². The van der Waals surface area contributed by atoms with E-state index in [4.69, 9.17) is 11.0 Å². The van der Waals surface area contributed by atoms with Crippen LogP contribution in [-0.2, 0) is 0 Å². The molecule has 1 aromatic heterocycles. The molecule has 1 saturated heterocycles. The first-order valence-electron chi connectivity index (χ1n) is 9.32. The average molecular weight is 370 g/mol. The van der Waals surface area contributed by atoms with Crippen LogP contribution in [0.3, 0.4) is 0 Å². The van der Waals surface area contributed by atoms with Gasteiger partial charge in [0, 0.05) is 31.7 Å². The van der Waals surface area contributed by atoms with Crippen molar-refractivity contribution in [2.75, 3.05) is 43.9 Å². The number of rotatable bonds is 3. The molecule has 0 unspecified atom stereocenters. The summed E-state index contributed by atoms with van der Waals surface area (Å²) in [7, 11) is 2.13. The molecule has 2 aromatic carbocycles. The molecule has 0 saturated carbocycles. The lowest BCUT2D eigenvalue weighted by atomic mass is 9.98. The second kappa shape index (κ2) is 7.67. The van der Waals surface area contributed by atoms with Gasteiger partial charge in [0.05, 0.1) is 22.9 Å². The molecule has 2 N–H and O–H groups in total. The minimum atomic E-state index is 0.257. The molecule has 140 valence electrons. The first-order valence-corrected chi connectivity index (χ1v) is 9.32. The highest BCUT2D eigenvalue weighted by atomic mass is 15.3. The predicted molar refractivity (Wildman–Crippen MR) is 112 cm³/mol. The zero-order valence-electron chi connectivity index (χ0n) is 15.8. The summed E-state index contributed by atoms with van der Waals surface area (Å²) >= 11 is 0. The maximum Gasteiger partial charge on any atom is 0.222 e. The van der Waals surface area contributed by atoms with Gasteiger partial charge >= 0.3 is 0 Å². The van der Waals surface area contributed by atoms with Gasteiger partial charge in [-0.3, -0.25) is 0 Å². The molecule has 0 aliphatic carbocycles. The summed E-state index contributed by atoms with van der Waals surface area (Å²) < 4.78 is 0. The average Bonchev–Trinajstić information content (AvgIpc) is 2.74. The monoisotopic (exact) mass is 370 g/mol. The van der Waals surface area contributed by atoms with E-state index < -0.39 is 0 Å². The Bertz CT molecular complexity index is 1000. The standard InChI is InChI=1S/C22H22N6/c1-27-11-13-28(14-12-27)21-19(17-5-3-2-4-6-17)20(25-22(24)26-21)18-9-7-16(15-23)8-10-18/h2-10H,11-14H2,1H3,(H2,24,25,26). The largest absolute Gasteiger partial charge is 0.368 e. The van der Waals surface area contributed by atoms with Crippen LogP contribution < -0.4 is 10.6 Å². The van der Waals surface area contributed by atoms with Gasteiger partial charge in [-0.05, 0) is 24.7 Å². The summed E-state index contributed by atoms with van der Waals surface area (Å²) in [6.07, 6.45) is 0. The molecule has 1 aliphatic rings. The fourth-order valence-electron chi connectivity index (χ4n) is 3.49. The van der Waals surface area contributed by atoms with Crippen LogP contribution in [0.2, 0.25) is 0 Å². The molecule has 4 rings (SSSR count). The molecule has 2 heterocycles. The third-order valence-electron chi connectivity index (χ3n) is 5.06. The van der Waals surface area contributed by atoms with E-state index in [0.29, 0.717) is 5.56 Å². The molecule has 1 fully saturated rings. The van der Waals surface area contributed by atoms with Crippen LogP contribution in [0, 0.1) is 11.3 Å². The Morgan fingerprint density at radius 1 is 0.893 bits per heavy atom. The fraction of sp³-hybridized carbons (Fsp3) is 0.227. The summed E-state index contributed by atoms with van der Waals surface area (Å²) in [5, 5.41) is 9.11. The Hall–Kier alpha value is -3.43. The molecule has 28 heavy (non-hydrogen) atoms. The molecule has 0 amide bonds. The van der Waals surface area contributed by atoms with Crippen molar-refractivity contribution in [3.63, 3.8) is 0 Å². The highest BCUT2D eigenvalue weighted by molar-refractivity contribution is 5.89. The molecule has 0 atom stereocenters. The number of nitrogens with two attached hydrogens (primary N) is 1. The van der Waals surface area contributed by atoms with Crippen LogP contribution in [0.15, 0.2) is 54.6 Å². The first kappa shape index (κ1) is 18.0. The van der Waals surface area contributed by atoms with E-state index in [9.17, 15) is 0 Å². The first-order chi connectivity index (χ1) is 13.7. The van der Waals surface area contributed by atoms with E-state index in [1.807, 2.05) is 30.3 Å². The van der Waals surface area contributed by atoms with Gasteiger partial charge in [0.2, 0.25) is 5.95 Å². The second-order valence-electron chi connectivity index (χ2n) is 6.97. The number of hydrogen-bond acceptors (Lipinski definition) is 6. The van der Waals surface area contributed by atoms with Crippen LogP contribution >= 0.6 is 0 Å². The summed E-state index contributed by atoms with van der Waals surface area (Å²) in [6.45, 7) is 3.73. The van der Waals surface area contributed by atoms with Crippen molar-refractivity contribution >= 4 is 11.8 Å². The third kappa shape index (κ3) is 3.53. The molecule has 0 spiro atoms. The summed E-state index contributed by atoms with van der Waals surface area (Å²) in [5.41, 5.74) is 10.5. The summed E-state index contributed by atoms with van der Waals surface area (Å²) in [4.78, 5) is 13.8. The zero-order valence-corrected chi connectivity index (χ0v) is 15.8. The number of piperazine rings is 1. The lowest BCUT2D eigenvalue weighted by Gasteiger charge is -2.34. The maximum atomic E-state index is 9.11. The van der Waals surface area contributed by atoms with Gasteiger partial charge in [-0.1, -0.05) is 42.5 Å². The molecule has 3 aromatic rings. The van der Waals surface area contributed by atoms with Crippen LogP contribution in [0.25, 0.3) is 22.4 Å². The number of aromatic nitrogens is 2. The number of nitrogens with zero attached hydrogens (tertiary/aromatic N) is 5. The molecule has 0 bridgehead atoms. The third-order valence-corrected chi connectivity index (χ3v) is 5.06. The fourth-order valence-corrected chi connectivity index (χ4v) is 3.49. The van der Waals surface area contributed by atoms with Gasteiger partial charge in [0.15, 0.2) is 0 Å². The van der Waals surface area contributed by atoms with Gasteiger partial charge in [0.1, 0.15) is 5.82 Å². The zero-order chi connectivity index (χ0) is 19.5. The van der Waals surface area contributed by atoms with Crippen molar-refractivity contribution in [1.82, 2.24) is 14.9 Å². The number of likely N-dealkylation sites (N-methyl/N-ethyl adjacent to an activating group) is 1. The Labute approximate surface area is 164 Å². The number of anilines is 2. The minimum Gasteiger partial charge on any atom is -0.368 e. The molecule has 0 radical (unpaired) electrons. The topological polar surface area (TPSA) is 82.1 Å². The maximum absolute atomic E-state index is 9.11. The van der Waals surface area contributed by atoms with Crippen molar-refractivity contribution in [2.24, 2.45) is 0 Å². The van der Waals surface area contributed by atoms with Gasteiger partial charge in [0.25, 0.3) is 0 Å². The molecule has 6 nitrogen and oxygen atoms in total. The van der Waals surface area contributed by atoms with Crippen molar-refractivity contribution in [3.05, 3.63) is 60.2 Å². The van der Waals surface area contributed by atoms with E-state index in [2.05, 4.69) is 45.0 Å². The van der Waals surface area contributed by atoms with Gasteiger partial charge < -0.3 is 15.5 Å². The van der Waals surface area contributed by atoms with Crippen molar-refractivity contribution < 1.29 is 0 Å². The SMILES string of the molecule is CN1CCN(c2nc(N)nc(-c3ccc(C#N)cc3)c2-c2ccccc2)CC1. The Morgan fingerprint density at radius 2 is 1.57 bits per heavy atom. The number of nitriles is 1. The van der Waals surface area contributed by atoms with Gasteiger partial charge in [-0.25, -0.2) is 4.98 Å². The van der Waals surface area contributed by atoms with E-state index in [-0.39, 0.29) is 5.95 Å². The highest BCUT2D eigenvalue weighted by Gasteiger charge is 2.23. The van der Waals surface area contributed by atoms with E-state index in [1.54, 1.807) is 12.1 Å². The smallest absolute Gasteiger partial charge is 0.222 e. The highest BCUT2D eigenvalue weighted by Crippen LogP contribution is 2.38. The summed E-state index contributed by atoms with van der Waals surface area (Å²) in [5.74, 6) is 1.12. The minimum absolute atomic E-state index is 0.257. The Balaban J connectivity index is 1.90. The summed E-state index contributed by atoms with van der Waals surface area (Å²) in [6, 6.07) is 19.8. The van der Waals surface area contributed by atoms with Crippen molar-refractivity contribution in [3.8, 4) is 28.5 Å². The Kier molecular flexibility index (Phi) is 4.92. The van der Waals surface area contributed by atoms with E-state index in [1.165, 1.54) is 0 Å². The lowest BCUT2D eigenvalue weighted by Crippen LogP contribution is -2.45. The van der Waals surface area contributed by atoms with Crippen LogP contribution in [0.5, 0.6) is 0 Å². The van der Waals surface area contributed by atoms with Gasteiger partial charge in [-0.2, -0.15) is 10.2 Å².